The molecule has 0 spiro atoms. The summed E-state index contributed by atoms with van der Waals surface area (Å²) in [6.45, 7) is 2.63. The van der Waals surface area contributed by atoms with E-state index in [9.17, 15) is 0 Å². The van der Waals surface area contributed by atoms with Crippen LogP contribution in [0.5, 0.6) is 0 Å². The second kappa shape index (κ2) is 2.98. The first-order chi connectivity index (χ1) is 6.83. The molecule has 3 rings (SSSR count). The van der Waals surface area contributed by atoms with Crippen LogP contribution in [0, 0.1) is 5.92 Å². The number of hydrogen-bond acceptors (Lipinski definition) is 3. The van der Waals surface area contributed by atoms with Crippen molar-refractivity contribution in [2.75, 3.05) is 18.9 Å². The van der Waals surface area contributed by atoms with Gasteiger partial charge in [0, 0.05) is 17.9 Å². The lowest BCUT2D eigenvalue weighted by Crippen LogP contribution is -2.32. The molecule has 0 atom stereocenters. The van der Waals surface area contributed by atoms with Gasteiger partial charge in [-0.25, -0.2) is 4.68 Å². The van der Waals surface area contributed by atoms with Crippen LogP contribution in [0.3, 0.4) is 0 Å². The lowest BCUT2D eigenvalue weighted by molar-refractivity contribution is -0.0406. The molecule has 1 aliphatic carbocycles. The molecule has 1 aromatic heterocycles. The van der Waals surface area contributed by atoms with Crippen molar-refractivity contribution in [2.24, 2.45) is 5.92 Å². The van der Waals surface area contributed by atoms with Crippen molar-refractivity contribution >= 4 is 5.82 Å². The third-order valence-corrected chi connectivity index (χ3v) is 2.96. The van der Waals surface area contributed by atoms with E-state index in [-0.39, 0.29) is 0 Å². The minimum absolute atomic E-state index is 0.615. The predicted octanol–water partition coefficient (Wildman–Crippen LogP) is 0.989. The van der Waals surface area contributed by atoms with E-state index in [0.29, 0.717) is 11.8 Å². The first-order valence-electron chi connectivity index (χ1n) is 5.24. The number of aromatic nitrogens is 2. The summed E-state index contributed by atoms with van der Waals surface area (Å²) in [6.07, 6.45) is 2.56. The molecule has 0 radical (unpaired) electrons. The third kappa shape index (κ3) is 1.39. The molecule has 76 valence electrons. The molecule has 0 bridgehead atoms. The summed E-state index contributed by atoms with van der Waals surface area (Å²) in [6, 6.07) is 2.02. The van der Waals surface area contributed by atoms with Crippen molar-refractivity contribution in [1.29, 1.82) is 0 Å². The van der Waals surface area contributed by atoms with Gasteiger partial charge in [0.05, 0.1) is 25.5 Å². The summed E-state index contributed by atoms with van der Waals surface area (Å²) < 4.78 is 7.06. The Balaban J connectivity index is 1.74. The average molecular weight is 193 g/mol. The topological polar surface area (TPSA) is 53.1 Å². The van der Waals surface area contributed by atoms with Crippen LogP contribution in [0.4, 0.5) is 5.82 Å². The first kappa shape index (κ1) is 8.29. The zero-order valence-electron chi connectivity index (χ0n) is 8.15. The second-order valence-electron chi connectivity index (χ2n) is 4.35. The molecule has 1 aliphatic heterocycles. The van der Waals surface area contributed by atoms with E-state index in [4.69, 9.17) is 10.5 Å². The summed E-state index contributed by atoms with van der Waals surface area (Å²) >= 11 is 0. The summed E-state index contributed by atoms with van der Waals surface area (Å²) in [5.41, 5.74) is 7.08. The van der Waals surface area contributed by atoms with Crippen molar-refractivity contribution in [1.82, 2.24) is 9.78 Å². The normalized spacial score (nSPS) is 22.3. The lowest BCUT2D eigenvalue weighted by Gasteiger charge is -2.25. The molecule has 2 fully saturated rings. The van der Waals surface area contributed by atoms with Gasteiger partial charge in [0.25, 0.3) is 0 Å². The van der Waals surface area contributed by atoms with E-state index in [0.717, 1.165) is 25.6 Å². The summed E-state index contributed by atoms with van der Waals surface area (Å²) in [5, 5.41) is 4.53. The molecule has 4 heteroatoms. The minimum atomic E-state index is 0.615. The number of nitrogens with two attached hydrogens (primary N) is 1. The quantitative estimate of drug-likeness (QED) is 0.778. The minimum Gasteiger partial charge on any atom is -0.384 e. The Hall–Kier alpha value is -1.03. The van der Waals surface area contributed by atoms with E-state index in [1.807, 2.05) is 10.7 Å². The molecule has 0 unspecified atom stereocenters. The maximum absolute atomic E-state index is 5.89. The highest BCUT2D eigenvalue weighted by Crippen LogP contribution is 2.39. The van der Waals surface area contributed by atoms with Crippen LogP contribution in [-0.4, -0.2) is 23.0 Å². The molecule has 1 aromatic rings. The van der Waals surface area contributed by atoms with Gasteiger partial charge in [0.15, 0.2) is 0 Å². The fourth-order valence-corrected chi connectivity index (χ4v) is 1.81. The number of nitrogens with zero attached hydrogens (tertiary/aromatic N) is 2. The van der Waals surface area contributed by atoms with E-state index in [2.05, 4.69) is 5.10 Å². The number of nitrogen functional groups attached to an aromatic ring is 1. The van der Waals surface area contributed by atoms with Crippen LogP contribution >= 0.6 is 0 Å². The number of hydrogen-bond donors (Lipinski definition) is 1. The van der Waals surface area contributed by atoms with Gasteiger partial charge in [0.2, 0.25) is 0 Å². The molecule has 0 aromatic carbocycles. The molecule has 1 saturated heterocycles. The fourth-order valence-electron chi connectivity index (χ4n) is 1.81. The van der Waals surface area contributed by atoms with E-state index < -0.39 is 0 Å². The highest BCUT2D eigenvalue weighted by atomic mass is 16.5. The standard InChI is InChI=1S/C10H15N3O/c11-10-3-9(8-1-2-8)12-13(10)4-7-5-14-6-7/h3,7-8H,1-2,4-6,11H2. The molecule has 2 aliphatic rings. The zero-order valence-corrected chi connectivity index (χ0v) is 8.15. The van der Waals surface area contributed by atoms with Crippen molar-refractivity contribution in [3.63, 3.8) is 0 Å². The molecule has 14 heavy (non-hydrogen) atoms. The third-order valence-electron chi connectivity index (χ3n) is 2.96. The Morgan fingerprint density at radius 1 is 1.50 bits per heavy atom. The predicted molar refractivity (Wildman–Crippen MR) is 52.9 cm³/mol. The zero-order chi connectivity index (χ0) is 9.54. The highest BCUT2D eigenvalue weighted by molar-refractivity contribution is 5.33. The van der Waals surface area contributed by atoms with Crippen molar-refractivity contribution in [3.05, 3.63) is 11.8 Å². The molecule has 0 amide bonds. The fraction of sp³-hybridized carbons (Fsp3) is 0.700. The molecular formula is C10H15N3O. The van der Waals surface area contributed by atoms with Crippen LogP contribution < -0.4 is 5.73 Å². The van der Waals surface area contributed by atoms with Crippen molar-refractivity contribution in [3.8, 4) is 0 Å². The summed E-state index contributed by atoms with van der Waals surface area (Å²) in [7, 11) is 0. The van der Waals surface area contributed by atoms with Crippen LogP contribution in [-0.2, 0) is 11.3 Å². The summed E-state index contributed by atoms with van der Waals surface area (Å²) in [5.74, 6) is 2.11. The van der Waals surface area contributed by atoms with Gasteiger partial charge < -0.3 is 10.5 Å². The van der Waals surface area contributed by atoms with E-state index >= 15 is 0 Å². The molecule has 2 N–H and O–H groups in total. The van der Waals surface area contributed by atoms with Gasteiger partial charge in [-0.2, -0.15) is 5.10 Å². The maximum Gasteiger partial charge on any atom is 0.121 e. The number of anilines is 1. The lowest BCUT2D eigenvalue weighted by atomic mass is 10.1. The van der Waals surface area contributed by atoms with Gasteiger partial charge in [-0.05, 0) is 12.8 Å². The van der Waals surface area contributed by atoms with Crippen molar-refractivity contribution < 1.29 is 4.74 Å². The Bertz CT molecular complexity index is 339. The molecule has 1 saturated carbocycles. The van der Waals surface area contributed by atoms with E-state index in [1.54, 1.807) is 0 Å². The smallest absolute Gasteiger partial charge is 0.121 e. The molecule has 4 nitrogen and oxygen atoms in total. The monoisotopic (exact) mass is 193 g/mol. The van der Waals surface area contributed by atoms with Gasteiger partial charge in [-0.15, -0.1) is 0 Å². The number of rotatable bonds is 3. The average Bonchev–Trinajstić information content (AvgIpc) is 2.85. The van der Waals surface area contributed by atoms with Gasteiger partial charge >= 0.3 is 0 Å². The highest BCUT2D eigenvalue weighted by Gasteiger charge is 2.28. The maximum atomic E-state index is 5.89. The summed E-state index contributed by atoms with van der Waals surface area (Å²) in [4.78, 5) is 0. The Morgan fingerprint density at radius 3 is 2.86 bits per heavy atom. The molecule has 2 heterocycles. The Labute approximate surface area is 83.0 Å². The van der Waals surface area contributed by atoms with Crippen LogP contribution in [0.25, 0.3) is 0 Å². The van der Waals surface area contributed by atoms with Gasteiger partial charge in [-0.1, -0.05) is 0 Å². The Morgan fingerprint density at radius 2 is 2.29 bits per heavy atom. The van der Waals surface area contributed by atoms with Crippen LogP contribution in [0.1, 0.15) is 24.5 Å². The second-order valence-corrected chi connectivity index (χ2v) is 4.35. The first-order valence-corrected chi connectivity index (χ1v) is 5.24. The molecular weight excluding hydrogens is 178 g/mol. The Kier molecular flexibility index (Phi) is 1.77. The number of ether oxygens (including phenoxy) is 1. The van der Waals surface area contributed by atoms with Crippen LogP contribution in [0.2, 0.25) is 0 Å². The van der Waals surface area contributed by atoms with Gasteiger partial charge in [0.1, 0.15) is 5.82 Å². The van der Waals surface area contributed by atoms with Gasteiger partial charge in [-0.3, -0.25) is 0 Å². The van der Waals surface area contributed by atoms with Crippen LogP contribution in [0.15, 0.2) is 6.07 Å². The largest absolute Gasteiger partial charge is 0.384 e. The van der Waals surface area contributed by atoms with E-state index in [1.165, 1.54) is 18.5 Å². The van der Waals surface area contributed by atoms with Crippen molar-refractivity contribution in [2.45, 2.75) is 25.3 Å². The SMILES string of the molecule is Nc1cc(C2CC2)nn1CC1COC1.